The van der Waals surface area contributed by atoms with E-state index in [1.165, 1.54) is 19.3 Å². The van der Waals surface area contributed by atoms with Crippen LogP contribution in [-0.4, -0.2) is 31.5 Å². The molecule has 0 saturated heterocycles. The van der Waals surface area contributed by atoms with Crippen LogP contribution in [0.25, 0.3) is 0 Å². The number of nitrogens with two attached hydrogens (primary N) is 1. The summed E-state index contributed by atoms with van der Waals surface area (Å²) in [7, 11) is 0. The zero-order valence-corrected chi connectivity index (χ0v) is 11.0. The molecule has 16 heavy (non-hydrogen) atoms. The Hall–Kier alpha value is -0.120. The molecule has 1 fully saturated rings. The molecule has 2 N–H and O–H groups in total. The lowest BCUT2D eigenvalue weighted by Gasteiger charge is -2.31. The Bertz CT molecular complexity index is 189. The van der Waals surface area contributed by atoms with Crippen LogP contribution in [0.1, 0.15) is 46.5 Å². The minimum Gasteiger partial charge on any atom is -0.375 e. The van der Waals surface area contributed by atoms with Crippen molar-refractivity contribution in [2.45, 2.75) is 58.2 Å². The molecule has 0 spiro atoms. The standard InChI is InChI=1S/C13H27NO2/c1-13(2,3)16-9-8-15-12-7-5-4-6-11(12)10-14/h11-12H,4-10,14H2,1-3H3. The smallest absolute Gasteiger partial charge is 0.0707 e. The van der Waals surface area contributed by atoms with Gasteiger partial charge in [0.05, 0.1) is 24.9 Å². The molecule has 1 aliphatic carbocycles. The van der Waals surface area contributed by atoms with Crippen molar-refractivity contribution < 1.29 is 9.47 Å². The molecule has 1 saturated carbocycles. The number of ether oxygens (including phenoxy) is 2. The summed E-state index contributed by atoms with van der Waals surface area (Å²) in [6.07, 6.45) is 5.34. The van der Waals surface area contributed by atoms with Crippen LogP contribution in [0, 0.1) is 5.92 Å². The summed E-state index contributed by atoms with van der Waals surface area (Å²) >= 11 is 0. The van der Waals surface area contributed by atoms with Crippen LogP contribution in [0.3, 0.4) is 0 Å². The number of hydrogen-bond donors (Lipinski definition) is 1. The molecule has 0 aromatic rings. The van der Waals surface area contributed by atoms with E-state index in [-0.39, 0.29) is 5.60 Å². The van der Waals surface area contributed by atoms with Gasteiger partial charge in [0.2, 0.25) is 0 Å². The number of rotatable bonds is 5. The molecular weight excluding hydrogens is 202 g/mol. The second-order valence-corrected chi connectivity index (χ2v) is 5.65. The maximum absolute atomic E-state index is 5.88. The van der Waals surface area contributed by atoms with Crippen molar-refractivity contribution in [3.8, 4) is 0 Å². The van der Waals surface area contributed by atoms with E-state index in [0.29, 0.717) is 25.2 Å². The van der Waals surface area contributed by atoms with Gasteiger partial charge in [-0.05, 0) is 46.1 Å². The average Bonchev–Trinajstić information content (AvgIpc) is 2.23. The summed E-state index contributed by atoms with van der Waals surface area (Å²) in [6.45, 7) is 8.32. The maximum atomic E-state index is 5.88. The van der Waals surface area contributed by atoms with Gasteiger partial charge in [-0.25, -0.2) is 0 Å². The van der Waals surface area contributed by atoms with E-state index in [0.717, 1.165) is 13.0 Å². The van der Waals surface area contributed by atoms with Crippen LogP contribution in [0.15, 0.2) is 0 Å². The van der Waals surface area contributed by atoms with Gasteiger partial charge in [-0.15, -0.1) is 0 Å². The summed E-state index contributed by atoms with van der Waals surface area (Å²) in [5.41, 5.74) is 5.69. The third-order valence-corrected chi connectivity index (χ3v) is 3.09. The Balaban J connectivity index is 2.15. The first kappa shape index (κ1) is 13.9. The van der Waals surface area contributed by atoms with Crippen molar-refractivity contribution in [2.75, 3.05) is 19.8 Å². The zero-order valence-electron chi connectivity index (χ0n) is 11.0. The van der Waals surface area contributed by atoms with Gasteiger partial charge in [-0.2, -0.15) is 0 Å². The second-order valence-electron chi connectivity index (χ2n) is 5.65. The Morgan fingerprint density at radius 3 is 2.44 bits per heavy atom. The molecule has 96 valence electrons. The van der Waals surface area contributed by atoms with E-state index in [1.54, 1.807) is 0 Å². The van der Waals surface area contributed by atoms with Crippen molar-refractivity contribution >= 4 is 0 Å². The van der Waals surface area contributed by atoms with Gasteiger partial charge in [-0.3, -0.25) is 0 Å². The SMILES string of the molecule is CC(C)(C)OCCOC1CCCCC1CN. The first-order chi connectivity index (χ1) is 7.53. The van der Waals surface area contributed by atoms with Crippen molar-refractivity contribution in [3.05, 3.63) is 0 Å². The molecule has 2 atom stereocenters. The van der Waals surface area contributed by atoms with Crippen molar-refractivity contribution in [2.24, 2.45) is 11.7 Å². The van der Waals surface area contributed by atoms with Crippen LogP contribution in [0.5, 0.6) is 0 Å². The van der Waals surface area contributed by atoms with E-state index in [1.807, 2.05) is 0 Å². The molecule has 0 aliphatic heterocycles. The van der Waals surface area contributed by atoms with E-state index in [2.05, 4.69) is 20.8 Å². The molecule has 0 amide bonds. The lowest BCUT2D eigenvalue weighted by Crippen LogP contribution is -2.34. The van der Waals surface area contributed by atoms with Gasteiger partial charge in [0.15, 0.2) is 0 Å². The third-order valence-electron chi connectivity index (χ3n) is 3.09. The van der Waals surface area contributed by atoms with Gasteiger partial charge in [0.25, 0.3) is 0 Å². The molecule has 0 heterocycles. The summed E-state index contributed by atoms with van der Waals surface area (Å²) in [4.78, 5) is 0. The predicted octanol–water partition coefficient (Wildman–Crippen LogP) is 2.34. The van der Waals surface area contributed by atoms with E-state index in [9.17, 15) is 0 Å². The van der Waals surface area contributed by atoms with E-state index in [4.69, 9.17) is 15.2 Å². The average molecular weight is 229 g/mol. The molecule has 1 rings (SSSR count). The first-order valence-electron chi connectivity index (χ1n) is 6.48. The Kier molecular flexibility index (Phi) is 5.73. The maximum Gasteiger partial charge on any atom is 0.0707 e. The van der Waals surface area contributed by atoms with Gasteiger partial charge in [0.1, 0.15) is 0 Å². The van der Waals surface area contributed by atoms with Crippen LogP contribution in [-0.2, 0) is 9.47 Å². The quantitative estimate of drug-likeness (QED) is 0.736. The summed E-state index contributed by atoms with van der Waals surface area (Å²) < 4.78 is 11.5. The molecule has 0 aromatic carbocycles. The topological polar surface area (TPSA) is 44.5 Å². The molecule has 0 bridgehead atoms. The van der Waals surface area contributed by atoms with Gasteiger partial charge >= 0.3 is 0 Å². The highest BCUT2D eigenvalue weighted by Gasteiger charge is 2.24. The second kappa shape index (κ2) is 6.58. The minimum absolute atomic E-state index is 0.0663. The molecule has 2 unspecified atom stereocenters. The molecule has 0 aromatic heterocycles. The fourth-order valence-electron chi connectivity index (χ4n) is 2.21. The van der Waals surface area contributed by atoms with E-state index < -0.39 is 0 Å². The fourth-order valence-corrected chi connectivity index (χ4v) is 2.21. The largest absolute Gasteiger partial charge is 0.375 e. The van der Waals surface area contributed by atoms with Crippen LogP contribution >= 0.6 is 0 Å². The minimum atomic E-state index is -0.0663. The molecular formula is C13H27NO2. The van der Waals surface area contributed by atoms with E-state index >= 15 is 0 Å². The number of hydrogen-bond acceptors (Lipinski definition) is 3. The summed E-state index contributed by atoms with van der Waals surface area (Å²) in [6, 6.07) is 0. The Morgan fingerprint density at radius 1 is 1.12 bits per heavy atom. The van der Waals surface area contributed by atoms with Crippen LogP contribution < -0.4 is 5.73 Å². The Labute approximate surface area is 99.7 Å². The summed E-state index contributed by atoms with van der Waals surface area (Å²) in [5.74, 6) is 0.559. The van der Waals surface area contributed by atoms with Gasteiger partial charge in [0, 0.05) is 0 Å². The highest BCUT2D eigenvalue weighted by atomic mass is 16.5. The first-order valence-corrected chi connectivity index (χ1v) is 6.48. The van der Waals surface area contributed by atoms with Crippen molar-refractivity contribution in [3.63, 3.8) is 0 Å². The molecule has 3 nitrogen and oxygen atoms in total. The zero-order chi connectivity index (χ0) is 12.0. The fraction of sp³-hybridized carbons (Fsp3) is 1.00. The predicted molar refractivity (Wildman–Crippen MR) is 66.5 cm³/mol. The van der Waals surface area contributed by atoms with Gasteiger partial charge < -0.3 is 15.2 Å². The van der Waals surface area contributed by atoms with Gasteiger partial charge in [-0.1, -0.05) is 12.8 Å². The molecule has 0 radical (unpaired) electrons. The van der Waals surface area contributed by atoms with Crippen molar-refractivity contribution in [1.82, 2.24) is 0 Å². The lowest BCUT2D eigenvalue weighted by atomic mass is 9.86. The molecule has 1 aliphatic rings. The lowest BCUT2D eigenvalue weighted by molar-refractivity contribution is -0.0700. The van der Waals surface area contributed by atoms with Crippen LogP contribution in [0.2, 0.25) is 0 Å². The monoisotopic (exact) mass is 229 g/mol. The highest BCUT2D eigenvalue weighted by molar-refractivity contribution is 4.76. The van der Waals surface area contributed by atoms with Crippen molar-refractivity contribution in [1.29, 1.82) is 0 Å². The van der Waals surface area contributed by atoms with Crippen LogP contribution in [0.4, 0.5) is 0 Å². The highest BCUT2D eigenvalue weighted by Crippen LogP contribution is 2.25. The summed E-state index contributed by atoms with van der Waals surface area (Å²) in [5, 5.41) is 0. The normalized spacial score (nSPS) is 27.0. The Morgan fingerprint density at radius 2 is 1.81 bits per heavy atom. The molecule has 3 heteroatoms. The third kappa shape index (κ3) is 5.28.